The number of hydrazone groups is 1. The van der Waals surface area contributed by atoms with Crippen LogP contribution in [0.15, 0.2) is 53.6 Å². The summed E-state index contributed by atoms with van der Waals surface area (Å²) in [6, 6.07) is 14.3. The zero-order valence-corrected chi connectivity index (χ0v) is 17.9. The monoisotopic (exact) mass is 433 g/mol. The molecule has 7 nitrogen and oxygen atoms in total. The van der Waals surface area contributed by atoms with Crippen LogP contribution < -0.4 is 14.5 Å². The van der Waals surface area contributed by atoms with E-state index < -0.39 is 15.9 Å². The van der Waals surface area contributed by atoms with E-state index in [0.717, 1.165) is 38.9 Å². The molecule has 2 aromatic carbocycles. The molecule has 1 amide bonds. The molecule has 0 bridgehead atoms. The number of sulfonamides is 1. The normalized spacial score (nSPS) is 14.4. The number of hydrogen-bond acceptors (Lipinski definition) is 6. The lowest BCUT2D eigenvalue weighted by Crippen LogP contribution is -2.39. The molecule has 1 N–H and O–H groups in total. The maximum Gasteiger partial charge on any atom is 0.260 e. The lowest BCUT2D eigenvalue weighted by Gasteiger charge is -2.25. The first kappa shape index (κ1) is 21.2. The van der Waals surface area contributed by atoms with Crippen molar-refractivity contribution in [2.75, 3.05) is 28.6 Å². The van der Waals surface area contributed by atoms with E-state index in [1.165, 1.54) is 6.21 Å². The minimum atomic E-state index is -3.61. The van der Waals surface area contributed by atoms with Crippen LogP contribution in [0.2, 0.25) is 0 Å². The maximum absolute atomic E-state index is 12.2. The Morgan fingerprint density at radius 1 is 1.28 bits per heavy atom. The second-order valence-corrected chi connectivity index (χ2v) is 9.73. The van der Waals surface area contributed by atoms with Crippen LogP contribution in [0.5, 0.6) is 5.75 Å². The summed E-state index contributed by atoms with van der Waals surface area (Å²) < 4.78 is 31.1. The molecule has 9 heteroatoms. The molecule has 1 fully saturated rings. The number of benzene rings is 2. The molecule has 1 aliphatic heterocycles. The first-order valence-corrected chi connectivity index (χ1v) is 12.0. The first-order chi connectivity index (χ1) is 13.8. The average Bonchev–Trinajstić information content (AvgIpc) is 2.63. The first-order valence-electron chi connectivity index (χ1n) is 9.02. The van der Waals surface area contributed by atoms with E-state index in [1.807, 2.05) is 43.0 Å². The van der Waals surface area contributed by atoms with Crippen molar-refractivity contribution in [3.8, 4) is 5.75 Å². The topological polar surface area (TPSA) is 88.1 Å². The Morgan fingerprint density at radius 2 is 2.00 bits per heavy atom. The summed E-state index contributed by atoms with van der Waals surface area (Å²) in [5, 5.41) is 3.93. The highest BCUT2D eigenvalue weighted by Crippen LogP contribution is 2.24. The van der Waals surface area contributed by atoms with Crippen LogP contribution in [0.3, 0.4) is 0 Å². The molecule has 0 saturated carbocycles. The molecule has 1 saturated heterocycles. The number of nitrogens with one attached hydrogen (secondary N) is 1. The van der Waals surface area contributed by atoms with Crippen molar-refractivity contribution < 1.29 is 17.9 Å². The zero-order chi connectivity index (χ0) is 20.9. The van der Waals surface area contributed by atoms with Gasteiger partial charge in [0.05, 0.1) is 18.2 Å². The molecule has 29 heavy (non-hydrogen) atoms. The van der Waals surface area contributed by atoms with Crippen LogP contribution in [0, 0.1) is 6.92 Å². The van der Waals surface area contributed by atoms with Crippen LogP contribution in [0.25, 0.3) is 0 Å². The highest BCUT2D eigenvalue weighted by Gasteiger charge is 2.21. The number of carbonyl (C=O) groups excluding carboxylic acids is 1. The lowest BCUT2D eigenvalue weighted by atomic mass is 10.2. The fourth-order valence-electron chi connectivity index (χ4n) is 2.60. The summed E-state index contributed by atoms with van der Waals surface area (Å²) >= 11 is 1.85. The van der Waals surface area contributed by atoms with Gasteiger partial charge in [-0.1, -0.05) is 29.8 Å². The third-order valence-electron chi connectivity index (χ3n) is 4.18. The average molecular weight is 434 g/mol. The van der Waals surface area contributed by atoms with Gasteiger partial charge in [0.1, 0.15) is 18.4 Å². The van der Waals surface area contributed by atoms with E-state index in [1.54, 1.807) is 24.3 Å². The minimum Gasteiger partial charge on any atom is -0.489 e. The van der Waals surface area contributed by atoms with Gasteiger partial charge in [-0.3, -0.25) is 9.10 Å². The summed E-state index contributed by atoms with van der Waals surface area (Å²) in [4.78, 5) is 12.2. The van der Waals surface area contributed by atoms with Crippen LogP contribution in [-0.2, 0) is 14.8 Å². The molecule has 0 unspecified atom stereocenters. The third kappa shape index (κ3) is 6.23. The van der Waals surface area contributed by atoms with Gasteiger partial charge in [0.2, 0.25) is 10.0 Å². The maximum atomic E-state index is 12.2. The fraction of sp³-hybridized carbons (Fsp3) is 0.300. The Labute approximate surface area is 175 Å². The molecule has 0 atom stereocenters. The van der Waals surface area contributed by atoms with Crippen LogP contribution in [0.1, 0.15) is 11.1 Å². The van der Waals surface area contributed by atoms with Crippen molar-refractivity contribution in [3.05, 3.63) is 59.7 Å². The molecule has 0 aromatic heterocycles. The molecule has 3 rings (SSSR count). The lowest BCUT2D eigenvalue weighted by molar-refractivity contribution is -0.119. The summed E-state index contributed by atoms with van der Waals surface area (Å²) in [6.07, 6.45) is 2.81. The molecule has 2 aromatic rings. The number of amides is 1. The van der Waals surface area contributed by atoms with E-state index in [0.29, 0.717) is 5.69 Å². The summed E-state index contributed by atoms with van der Waals surface area (Å²) in [7, 11) is -3.61. The smallest absolute Gasteiger partial charge is 0.260 e. The van der Waals surface area contributed by atoms with E-state index in [2.05, 4.69) is 10.5 Å². The van der Waals surface area contributed by atoms with Crippen LogP contribution in [0.4, 0.5) is 5.69 Å². The van der Waals surface area contributed by atoms with Gasteiger partial charge < -0.3 is 4.74 Å². The predicted octanol–water partition coefficient (Wildman–Crippen LogP) is 2.41. The number of carbonyl (C=O) groups is 1. The summed E-state index contributed by atoms with van der Waals surface area (Å²) in [5.74, 6) is 2.21. The molecule has 154 valence electrons. The minimum absolute atomic E-state index is 0.246. The summed E-state index contributed by atoms with van der Waals surface area (Å²) in [5.41, 5.74) is 4.57. The number of ether oxygens (including phenoxy) is 1. The van der Waals surface area contributed by atoms with E-state index >= 15 is 0 Å². The summed E-state index contributed by atoms with van der Waals surface area (Å²) in [6.45, 7) is 1.54. The number of hydrogen-bond donors (Lipinski definition) is 1. The SMILES string of the molecule is Cc1ccc(N(CC(=O)N/N=C/c2cccc(OC3CSC3)c2)S(C)(=O)=O)cc1. The van der Waals surface area contributed by atoms with E-state index in [4.69, 9.17) is 4.74 Å². The van der Waals surface area contributed by atoms with Gasteiger partial charge in [0.15, 0.2) is 0 Å². The second kappa shape index (κ2) is 9.32. The predicted molar refractivity (Wildman–Crippen MR) is 117 cm³/mol. The van der Waals surface area contributed by atoms with Gasteiger partial charge in [0.25, 0.3) is 5.91 Å². The van der Waals surface area contributed by atoms with Gasteiger partial charge in [-0.15, -0.1) is 0 Å². The van der Waals surface area contributed by atoms with Crippen molar-refractivity contribution in [1.29, 1.82) is 0 Å². The quantitative estimate of drug-likeness (QED) is 0.510. The van der Waals surface area contributed by atoms with Gasteiger partial charge >= 0.3 is 0 Å². The third-order valence-corrected chi connectivity index (χ3v) is 6.54. The molecule has 1 aliphatic rings. The molecule has 0 spiro atoms. The Bertz CT molecular complexity index is 987. The van der Waals surface area contributed by atoms with Crippen LogP contribution in [-0.4, -0.2) is 50.9 Å². The Balaban J connectivity index is 1.60. The second-order valence-electron chi connectivity index (χ2n) is 6.75. The number of thioether (sulfide) groups is 1. The largest absolute Gasteiger partial charge is 0.489 e. The van der Waals surface area contributed by atoms with Gasteiger partial charge in [-0.2, -0.15) is 16.9 Å². The van der Waals surface area contributed by atoms with Crippen molar-refractivity contribution in [3.63, 3.8) is 0 Å². The standard InChI is InChI=1S/C20H23N3O4S2/c1-15-6-8-17(9-7-15)23(29(2,25)26)12-20(24)22-21-11-16-4-3-5-18(10-16)27-19-13-28-14-19/h3-11,19H,12-14H2,1-2H3,(H,22,24)/b21-11+. The van der Waals surface area contributed by atoms with Gasteiger partial charge in [-0.05, 0) is 36.8 Å². The number of aryl methyl sites for hydroxylation is 1. The highest BCUT2D eigenvalue weighted by molar-refractivity contribution is 8.00. The van der Waals surface area contributed by atoms with Crippen LogP contribution >= 0.6 is 11.8 Å². The molecular formula is C20H23N3O4S2. The Hall–Kier alpha value is -2.52. The molecular weight excluding hydrogens is 410 g/mol. The molecule has 1 heterocycles. The number of rotatable bonds is 8. The van der Waals surface area contributed by atoms with E-state index in [-0.39, 0.29) is 12.6 Å². The highest BCUT2D eigenvalue weighted by atomic mass is 32.2. The van der Waals surface area contributed by atoms with Gasteiger partial charge in [0, 0.05) is 11.5 Å². The molecule has 0 radical (unpaired) electrons. The number of nitrogens with zero attached hydrogens (tertiary/aromatic N) is 2. The van der Waals surface area contributed by atoms with Gasteiger partial charge in [-0.25, -0.2) is 13.8 Å². The fourth-order valence-corrected chi connectivity index (χ4v) is 4.02. The molecule has 0 aliphatic carbocycles. The zero-order valence-electron chi connectivity index (χ0n) is 16.2. The van der Waals surface area contributed by atoms with E-state index in [9.17, 15) is 13.2 Å². The van der Waals surface area contributed by atoms with Crippen molar-refractivity contribution in [2.45, 2.75) is 13.0 Å². The van der Waals surface area contributed by atoms with Crippen molar-refractivity contribution in [1.82, 2.24) is 5.43 Å². The van der Waals surface area contributed by atoms with Crippen molar-refractivity contribution in [2.24, 2.45) is 5.10 Å². The Kier molecular flexibility index (Phi) is 6.81. The van der Waals surface area contributed by atoms with Crippen molar-refractivity contribution >= 4 is 39.6 Å². The Morgan fingerprint density at radius 3 is 2.62 bits per heavy atom. The number of anilines is 1.